The molecule has 5 nitrogen and oxygen atoms in total. The number of rotatable bonds is 4. The van der Waals surface area contributed by atoms with Crippen molar-refractivity contribution in [3.63, 3.8) is 0 Å². The fraction of sp³-hybridized carbons (Fsp3) is 0.462. The Balaban J connectivity index is 2.28. The van der Waals surface area contributed by atoms with E-state index in [4.69, 9.17) is 14.6 Å². The number of ether oxygens (including phenoxy) is 2. The topological polar surface area (TPSA) is 71.3 Å². The van der Waals surface area contributed by atoms with Crippen LogP contribution in [0.4, 0.5) is 0 Å². The summed E-state index contributed by atoms with van der Waals surface area (Å²) in [5.41, 5.74) is 1.79. The monoisotopic (exact) mass is 251 g/mol. The Kier molecular flexibility index (Phi) is 3.84. The number of aliphatic hydroxyl groups is 2. The zero-order valence-electron chi connectivity index (χ0n) is 10.5. The first-order chi connectivity index (χ1) is 8.67. The van der Waals surface area contributed by atoms with Crippen LogP contribution in [-0.2, 0) is 4.74 Å². The summed E-state index contributed by atoms with van der Waals surface area (Å²) in [7, 11) is 1.61. The lowest BCUT2D eigenvalue weighted by Gasteiger charge is -2.09. The molecule has 2 N–H and O–H groups in total. The average Bonchev–Trinajstić information content (AvgIpc) is 2.87. The molecule has 0 amide bonds. The summed E-state index contributed by atoms with van der Waals surface area (Å²) in [6.07, 6.45) is -0.881. The van der Waals surface area contributed by atoms with E-state index in [1.807, 2.05) is 25.1 Å². The highest BCUT2D eigenvalue weighted by atomic mass is 16.5. The van der Waals surface area contributed by atoms with Crippen LogP contribution in [0, 0.1) is 6.92 Å². The van der Waals surface area contributed by atoms with Crippen molar-refractivity contribution < 1.29 is 19.7 Å². The van der Waals surface area contributed by atoms with Gasteiger partial charge in [-0.3, -0.25) is 0 Å². The molecule has 0 spiro atoms. The van der Waals surface area contributed by atoms with Crippen LogP contribution in [0.15, 0.2) is 23.2 Å². The first-order valence-corrected chi connectivity index (χ1v) is 5.81. The van der Waals surface area contributed by atoms with Crippen molar-refractivity contribution >= 4 is 5.90 Å². The maximum absolute atomic E-state index is 9.53. The smallest absolute Gasteiger partial charge is 0.217 e. The zero-order valence-corrected chi connectivity index (χ0v) is 10.5. The molecule has 98 valence electrons. The van der Waals surface area contributed by atoms with Crippen LogP contribution < -0.4 is 4.74 Å². The molecule has 5 heteroatoms. The Morgan fingerprint density at radius 1 is 1.56 bits per heavy atom. The molecule has 0 fully saturated rings. The normalized spacial score (nSPS) is 20.2. The SMILES string of the molecule is COc1cccc(C2=NC(C(O)CO)CO2)c1C. The van der Waals surface area contributed by atoms with E-state index in [1.165, 1.54) is 0 Å². The van der Waals surface area contributed by atoms with Crippen LogP contribution in [0.1, 0.15) is 11.1 Å². The number of benzene rings is 1. The predicted molar refractivity (Wildman–Crippen MR) is 67.1 cm³/mol. The molecule has 0 saturated carbocycles. The van der Waals surface area contributed by atoms with Gasteiger partial charge in [0.05, 0.1) is 13.7 Å². The molecule has 2 atom stereocenters. The average molecular weight is 251 g/mol. The molecule has 0 radical (unpaired) electrons. The third kappa shape index (κ3) is 2.32. The molecular weight excluding hydrogens is 234 g/mol. The lowest BCUT2D eigenvalue weighted by molar-refractivity contribution is 0.0666. The summed E-state index contributed by atoms with van der Waals surface area (Å²) in [4.78, 5) is 4.29. The fourth-order valence-corrected chi connectivity index (χ4v) is 1.92. The molecule has 1 aliphatic rings. The van der Waals surface area contributed by atoms with Crippen LogP contribution in [-0.4, -0.2) is 48.6 Å². The van der Waals surface area contributed by atoms with Crippen molar-refractivity contribution in [1.29, 1.82) is 0 Å². The van der Waals surface area contributed by atoms with E-state index in [0.717, 1.165) is 16.9 Å². The molecule has 2 unspecified atom stereocenters. The molecule has 0 aromatic heterocycles. The van der Waals surface area contributed by atoms with E-state index in [1.54, 1.807) is 7.11 Å². The summed E-state index contributed by atoms with van der Waals surface area (Å²) < 4.78 is 10.7. The van der Waals surface area contributed by atoms with Crippen molar-refractivity contribution in [2.45, 2.75) is 19.1 Å². The zero-order chi connectivity index (χ0) is 13.1. The van der Waals surface area contributed by atoms with Gasteiger partial charge in [-0.25, -0.2) is 4.99 Å². The Labute approximate surface area is 106 Å². The second kappa shape index (κ2) is 5.37. The highest BCUT2D eigenvalue weighted by molar-refractivity contribution is 5.97. The molecule has 18 heavy (non-hydrogen) atoms. The Hall–Kier alpha value is -1.59. The molecule has 0 bridgehead atoms. The second-order valence-electron chi connectivity index (χ2n) is 4.20. The number of aliphatic hydroxyl groups excluding tert-OH is 2. The van der Waals surface area contributed by atoms with Gasteiger partial charge in [-0.1, -0.05) is 6.07 Å². The van der Waals surface area contributed by atoms with Gasteiger partial charge in [-0.05, 0) is 19.1 Å². The molecule has 1 aliphatic heterocycles. The van der Waals surface area contributed by atoms with Gasteiger partial charge in [0.25, 0.3) is 0 Å². The lowest BCUT2D eigenvalue weighted by Crippen LogP contribution is -2.28. The minimum Gasteiger partial charge on any atom is -0.496 e. The van der Waals surface area contributed by atoms with E-state index >= 15 is 0 Å². The van der Waals surface area contributed by atoms with Crippen molar-refractivity contribution in [2.24, 2.45) is 4.99 Å². The first kappa shape index (κ1) is 12.9. The summed E-state index contributed by atoms with van der Waals surface area (Å²) in [6.45, 7) is 1.89. The van der Waals surface area contributed by atoms with Crippen LogP contribution in [0.25, 0.3) is 0 Å². The lowest BCUT2D eigenvalue weighted by atomic mass is 10.1. The maximum atomic E-state index is 9.53. The summed E-state index contributed by atoms with van der Waals surface area (Å²) >= 11 is 0. The van der Waals surface area contributed by atoms with Crippen LogP contribution in [0.2, 0.25) is 0 Å². The number of aliphatic imine (C=N–C) groups is 1. The Morgan fingerprint density at radius 2 is 2.33 bits per heavy atom. The van der Waals surface area contributed by atoms with Crippen molar-refractivity contribution in [3.8, 4) is 5.75 Å². The number of methoxy groups -OCH3 is 1. The molecule has 1 aromatic rings. The summed E-state index contributed by atoms with van der Waals surface area (Å²) in [6, 6.07) is 5.22. The first-order valence-electron chi connectivity index (χ1n) is 5.81. The predicted octanol–water partition coefficient (Wildman–Crippen LogP) is 0.502. The van der Waals surface area contributed by atoms with Gasteiger partial charge in [0.2, 0.25) is 5.90 Å². The minimum absolute atomic E-state index is 0.285. The van der Waals surface area contributed by atoms with E-state index in [0.29, 0.717) is 5.90 Å². The quantitative estimate of drug-likeness (QED) is 0.817. The number of hydrogen-bond donors (Lipinski definition) is 2. The van der Waals surface area contributed by atoms with Gasteiger partial charge in [0.1, 0.15) is 24.5 Å². The molecule has 1 aromatic carbocycles. The molecule has 1 heterocycles. The number of nitrogens with zero attached hydrogens (tertiary/aromatic N) is 1. The van der Waals surface area contributed by atoms with Gasteiger partial charge < -0.3 is 19.7 Å². The van der Waals surface area contributed by atoms with Crippen LogP contribution in [0.5, 0.6) is 5.75 Å². The van der Waals surface area contributed by atoms with Gasteiger partial charge in [0.15, 0.2) is 0 Å². The van der Waals surface area contributed by atoms with Crippen molar-refractivity contribution in [3.05, 3.63) is 29.3 Å². The van der Waals surface area contributed by atoms with E-state index < -0.39 is 12.1 Å². The van der Waals surface area contributed by atoms with Crippen molar-refractivity contribution in [2.75, 3.05) is 20.3 Å². The third-order valence-corrected chi connectivity index (χ3v) is 3.04. The summed E-state index contributed by atoms with van der Waals surface area (Å²) in [5, 5.41) is 18.4. The fourth-order valence-electron chi connectivity index (χ4n) is 1.92. The van der Waals surface area contributed by atoms with Gasteiger partial charge in [0, 0.05) is 11.1 Å². The minimum atomic E-state index is -0.881. The standard InChI is InChI=1S/C13H17NO4/c1-8-9(4-3-5-12(8)17-2)13-14-10(7-18-13)11(16)6-15/h3-5,10-11,15-16H,6-7H2,1-2H3. The third-order valence-electron chi connectivity index (χ3n) is 3.04. The van der Waals surface area contributed by atoms with Crippen LogP contribution >= 0.6 is 0 Å². The second-order valence-corrected chi connectivity index (χ2v) is 4.20. The van der Waals surface area contributed by atoms with Gasteiger partial charge >= 0.3 is 0 Å². The Morgan fingerprint density at radius 3 is 3.00 bits per heavy atom. The Bertz CT molecular complexity index is 458. The van der Waals surface area contributed by atoms with Gasteiger partial charge in [-0.15, -0.1) is 0 Å². The molecule has 2 rings (SSSR count). The molecule has 0 saturated heterocycles. The van der Waals surface area contributed by atoms with Crippen molar-refractivity contribution in [1.82, 2.24) is 0 Å². The number of hydrogen-bond acceptors (Lipinski definition) is 5. The largest absolute Gasteiger partial charge is 0.496 e. The molecular formula is C13H17NO4. The van der Waals surface area contributed by atoms with E-state index in [2.05, 4.69) is 4.99 Å². The maximum Gasteiger partial charge on any atom is 0.217 e. The highest BCUT2D eigenvalue weighted by Crippen LogP contribution is 2.24. The molecule has 0 aliphatic carbocycles. The van der Waals surface area contributed by atoms with E-state index in [9.17, 15) is 5.11 Å². The summed E-state index contributed by atoms with van der Waals surface area (Å²) in [5.74, 6) is 1.26. The highest BCUT2D eigenvalue weighted by Gasteiger charge is 2.27. The van der Waals surface area contributed by atoms with E-state index in [-0.39, 0.29) is 13.2 Å². The van der Waals surface area contributed by atoms with Gasteiger partial charge in [-0.2, -0.15) is 0 Å². The van der Waals surface area contributed by atoms with Crippen LogP contribution in [0.3, 0.4) is 0 Å².